The molecule has 0 aromatic heterocycles. The largest absolute Gasteiger partial charge is 0.355 e. The van der Waals surface area contributed by atoms with Gasteiger partial charge < -0.3 is 11.1 Å². The Bertz CT molecular complexity index is 501. The lowest BCUT2D eigenvalue weighted by atomic mass is 9.64. The lowest BCUT2D eigenvalue weighted by molar-refractivity contribution is -0.121. The van der Waals surface area contributed by atoms with Crippen molar-refractivity contribution in [1.29, 1.82) is 0 Å². The highest BCUT2D eigenvalue weighted by molar-refractivity contribution is 5.85. The minimum atomic E-state index is 0. The Morgan fingerprint density at radius 1 is 1.22 bits per heavy atom. The molecule has 0 heterocycles. The molecule has 2 rings (SSSR count). The van der Waals surface area contributed by atoms with E-state index in [9.17, 15) is 4.79 Å². The Labute approximate surface area is 146 Å². The first-order chi connectivity index (χ1) is 10.4. The molecule has 23 heavy (non-hydrogen) atoms. The van der Waals surface area contributed by atoms with Gasteiger partial charge in [-0.1, -0.05) is 51.5 Å². The zero-order chi connectivity index (χ0) is 16.2. The van der Waals surface area contributed by atoms with Crippen molar-refractivity contribution in [2.75, 3.05) is 13.1 Å². The van der Waals surface area contributed by atoms with E-state index in [2.05, 4.69) is 50.4 Å². The van der Waals surface area contributed by atoms with Crippen molar-refractivity contribution in [2.45, 2.75) is 63.7 Å². The highest BCUT2D eigenvalue weighted by atomic mass is 35.5. The summed E-state index contributed by atoms with van der Waals surface area (Å²) < 4.78 is 0. The summed E-state index contributed by atoms with van der Waals surface area (Å²) in [5, 5.41) is 3.11. The maximum Gasteiger partial charge on any atom is 0.220 e. The van der Waals surface area contributed by atoms with Crippen LogP contribution in [0.1, 0.15) is 64.0 Å². The number of hydrogen-bond donors (Lipinski definition) is 2. The van der Waals surface area contributed by atoms with Gasteiger partial charge in [-0.05, 0) is 42.3 Å². The highest BCUT2D eigenvalue weighted by Crippen LogP contribution is 2.43. The molecular weight excluding hydrogens is 308 g/mol. The van der Waals surface area contributed by atoms with Crippen molar-refractivity contribution >= 4 is 18.3 Å². The molecule has 1 aliphatic rings. The van der Waals surface area contributed by atoms with Gasteiger partial charge in [0.15, 0.2) is 0 Å². The first kappa shape index (κ1) is 20.0. The summed E-state index contributed by atoms with van der Waals surface area (Å²) in [7, 11) is 0. The van der Waals surface area contributed by atoms with Crippen molar-refractivity contribution in [3.05, 3.63) is 35.4 Å². The van der Waals surface area contributed by atoms with E-state index >= 15 is 0 Å². The molecule has 1 aromatic carbocycles. The number of nitrogens with one attached hydrogen (secondary N) is 1. The molecule has 130 valence electrons. The van der Waals surface area contributed by atoms with Crippen molar-refractivity contribution in [1.82, 2.24) is 5.32 Å². The van der Waals surface area contributed by atoms with Crippen LogP contribution < -0.4 is 11.1 Å². The summed E-state index contributed by atoms with van der Waals surface area (Å²) in [6.07, 6.45) is 4.88. The van der Waals surface area contributed by atoms with Crippen LogP contribution in [-0.4, -0.2) is 19.0 Å². The molecule has 3 N–H and O–H groups in total. The van der Waals surface area contributed by atoms with Gasteiger partial charge in [0.1, 0.15) is 0 Å². The Morgan fingerprint density at radius 2 is 1.83 bits per heavy atom. The molecule has 0 atom stereocenters. The summed E-state index contributed by atoms with van der Waals surface area (Å²) in [5.41, 5.74) is 8.51. The average molecular weight is 339 g/mol. The van der Waals surface area contributed by atoms with Gasteiger partial charge in [0.2, 0.25) is 5.91 Å². The fourth-order valence-electron chi connectivity index (χ4n) is 3.11. The van der Waals surface area contributed by atoms with Gasteiger partial charge in [0.05, 0.1) is 0 Å². The third kappa shape index (κ3) is 4.95. The molecule has 0 radical (unpaired) electrons. The molecule has 1 aromatic rings. The summed E-state index contributed by atoms with van der Waals surface area (Å²) in [4.78, 5) is 11.8. The average Bonchev–Trinajstić information content (AvgIpc) is 2.43. The van der Waals surface area contributed by atoms with Gasteiger partial charge in [0, 0.05) is 18.4 Å². The highest BCUT2D eigenvalue weighted by Gasteiger charge is 2.38. The van der Waals surface area contributed by atoms with E-state index in [-0.39, 0.29) is 29.1 Å². The van der Waals surface area contributed by atoms with Crippen molar-refractivity contribution < 1.29 is 4.79 Å². The second-order valence-corrected chi connectivity index (χ2v) is 7.63. The molecule has 0 unspecified atom stereocenters. The number of carbonyl (C=O) groups is 1. The normalized spacial score (nSPS) is 16.2. The minimum absolute atomic E-state index is 0. The molecule has 3 nitrogen and oxygen atoms in total. The smallest absolute Gasteiger partial charge is 0.220 e. The first-order valence-corrected chi connectivity index (χ1v) is 8.45. The molecule has 1 saturated carbocycles. The van der Waals surface area contributed by atoms with Crippen LogP contribution in [0.15, 0.2) is 24.3 Å². The lowest BCUT2D eigenvalue weighted by Gasteiger charge is -2.43. The van der Waals surface area contributed by atoms with Crippen LogP contribution in [0.4, 0.5) is 0 Å². The molecule has 4 heteroatoms. The van der Waals surface area contributed by atoms with Crippen molar-refractivity contribution in [3.8, 4) is 0 Å². The fraction of sp³-hybridized carbons (Fsp3) is 0.632. The van der Waals surface area contributed by atoms with Gasteiger partial charge in [-0.25, -0.2) is 0 Å². The summed E-state index contributed by atoms with van der Waals surface area (Å²) in [5.74, 6) is 0.128. The monoisotopic (exact) mass is 338 g/mol. The topological polar surface area (TPSA) is 55.1 Å². The lowest BCUT2D eigenvalue weighted by Crippen LogP contribution is -2.45. The number of halogens is 1. The van der Waals surface area contributed by atoms with E-state index in [1.54, 1.807) is 0 Å². The number of rotatable bonds is 6. The Kier molecular flexibility index (Phi) is 7.09. The summed E-state index contributed by atoms with van der Waals surface area (Å²) in [6, 6.07) is 8.99. The summed E-state index contributed by atoms with van der Waals surface area (Å²) >= 11 is 0. The van der Waals surface area contributed by atoms with E-state index in [1.165, 1.54) is 30.4 Å². The number of benzene rings is 1. The van der Waals surface area contributed by atoms with Gasteiger partial charge in [-0.2, -0.15) is 0 Å². The number of nitrogens with two attached hydrogens (primary N) is 1. The SMILES string of the molecule is CC(C)(C)c1ccc(C2(CNC(=O)CCCN)CCC2)cc1.Cl. The van der Waals surface area contributed by atoms with Gasteiger partial charge in [0.25, 0.3) is 0 Å². The van der Waals surface area contributed by atoms with Crippen molar-refractivity contribution in [2.24, 2.45) is 5.73 Å². The van der Waals surface area contributed by atoms with Crippen LogP contribution in [0.2, 0.25) is 0 Å². The van der Waals surface area contributed by atoms with Gasteiger partial charge in [-0.15, -0.1) is 12.4 Å². The minimum Gasteiger partial charge on any atom is -0.355 e. The third-order valence-electron chi connectivity index (χ3n) is 4.91. The maximum atomic E-state index is 11.8. The number of carbonyl (C=O) groups excluding carboxylic acids is 1. The van der Waals surface area contributed by atoms with E-state index in [4.69, 9.17) is 5.73 Å². The van der Waals surface area contributed by atoms with E-state index in [1.807, 2.05) is 0 Å². The third-order valence-corrected chi connectivity index (χ3v) is 4.91. The molecule has 1 fully saturated rings. The van der Waals surface area contributed by atoms with Crippen LogP contribution in [0.25, 0.3) is 0 Å². The fourth-order valence-corrected chi connectivity index (χ4v) is 3.11. The van der Waals surface area contributed by atoms with Crippen molar-refractivity contribution in [3.63, 3.8) is 0 Å². The molecule has 0 bridgehead atoms. The zero-order valence-electron chi connectivity index (χ0n) is 14.7. The van der Waals surface area contributed by atoms with E-state index < -0.39 is 0 Å². The van der Waals surface area contributed by atoms with Crippen LogP contribution in [-0.2, 0) is 15.6 Å². The standard InChI is InChI=1S/C19H30N2O.ClH/c1-18(2,3)15-7-9-16(10-8-15)19(11-5-12-19)14-21-17(22)6-4-13-20;/h7-10H,4-6,11-14,20H2,1-3H3,(H,21,22);1H. The number of amides is 1. The summed E-state index contributed by atoms with van der Waals surface area (Å²) in [6.45, 7) is 8.04. The second kappa shape index (κ2) is 8.16. The number of hydrogen-bond acceptors (Lipinski definition) is 2. The molecule has 0 saturated heterocycles. The van der Waals surface area contributed by atoms with Crippen LogP contribution in [0, 0.1) is 0 Å². The van der Waals surface area contributed by atoms with Gasteiger partial charge >= 0.3 is 0 Å². The second-order valence-electron chi connectivity index (χ2n) is 7.63. The molecular formula is C19H31ClN2O. The van der Waals surface area contributed by atoms with E-state index in [0.29, 0.717) is 13.0 Å². The maximum absolute atomic E-state index is 11.8. The predicted octanol–water partition coefficient (Wildman–Crippen LogP) is 3.68. The molecule has 1 aliphatic carbocycles. The Balaban J connectivity index is 0.00000264. The Hall–Kier alpha value is -1.06. The van der Waals surface area contributed by atoms with Gasteiger partial charge in [-0.3, -0.25) is 4.79 Å². The zero-order valence-corrected chi connectivity index (χ0v) is 15.5. The first-order valence-electron chi connectivity index (χ1n) is 8.45. The molecule has 0 aliphatic heterocycles. The molecule has 0 spiro atoms. The Morgan fingerprint density at radius 3 is 2.26 bits per heavy atom. The molecule has 1 amide bonds. The van der Waals surface area contributed by atoms with Crippen LogP contribution >= 0.6 is 12.4 Å². The quantitative estimate of drug-likeness (QED) is 0.831. The van der Waals surface area contributed by atoms with Crippen LogP contribution in [0.3, 0.4) is 0 Å². The van der Waals surface area contributed by atoms with Crippen LogP contribution in [0.5, 0.6) is 0 Å². The predicted molar refractivity (Wildman–Crippen MR) is 99.2 cm³/mol. The van der Waals surface area contributed by atoms with E-state index in [0.717, 1.165) is 13.0 Å².